The van der Waals surface area contributed by atoms with Crippen molar-refractivity contribution < 1.29 is 14.3 Å². The number of benzene rings is 2. The number of rotatable bonds is 6. The number of ether oxygens (including phenoxy) is 2. The minimum absolute atomic E-state index is 0.137. The zero-order valence-electron chi connectivity index (χ0n) is 16.0. The molecule has 1 aromatic heterocycles. The van der Waals surface area contributed by atoms with Crippen LogP contribution in [0.25, 0.3) is 0 Å². The van der Waals surface area contributed by atoms with Crippen molar-refractivity contribution in [2.24, 2.45) is 0 Å². The van der Waals surface area contributed by atoms with E-state index >= 15 is 0 Å². The highest BCUT2D eigenvalue weighted by atomic mass is 32.1. The molecule has 0 saturated carbocycles. The molecule has 3 rings (SSSR count). The summed E-state index contributed by atoms with van der Waals surface area (Å²) in [5, 5.41) is 4.85. The second kappa shape index (κ2) is 8.27. The molecule has 0 saturated heterocycles. The van der Waals surface area contributed by atoms with Crippen molar-refractivity contribution in [1.82, 2.24) is 0 Å². The molecule has 0 aliphatic carbocycles. The number of carbonyl (C=O) groups excluding carboxylic acids is 1. The summed E-state index contributed by atoms with van der Waals surface area (Å²) >= 11 is 1.41. The van der Waals surface area contributed by atoms with Gasteiger partial charge in [0.2, 0.25) is 0 Å². The van der Waals surface area contributed by atoms with E-state index in [4.69, 9.17) is 9.47 Å². The van der Waals surface area contributed by atoms with Crippen LogP contribution < -0.4 is 14.8 Å². The predicted octanol–water partition coefficient (Wildman–Crippen LogP) is 5.51. The van der Waals surface area contributed by atoms with Crippen LogP contribution >= 0.6 is 11.3 Å². The van der Waals surface area contributed by atoms with E-state index in [2.05, 4.69) is 32.2 Å². The second-order valence-electron chi connectivity index (χ2n) is 6.50. The van der Waals surface area contributed by atoms with Gasteiger partial charge < -0.3 is 14.8 Å². The number of carbonyl (C=O) groups is 1. The van der Waals surface area contributed by atoms with E-state index in [1.807, 2.05) is 35.7 Å². The highest BCUT2D eigenvalue weighted by Crippen LogP contribution is 2.25. The molecule has 0 fully saturated rings. The van der Waals surface area contributed by atoms with Crippen LogP contribution in [-0.2, 0) is 6.61 Å². The first-order valence-corrected chi connectivity index (χ1v) is 9.57. The molecule has 1 heterocycles. The molecule has 4 nitrogen and oxygen atoms in total. The SMILES string of the molecule is COc1cccc(NC(=O)c2cc(COc3cc(C)cc(C)c3C)cs2)c1. The number of methoxy groups -OCH3 is 1. The van der Waals surface area contributed by atoms with Crippen molar-refractivity contribution in [2.75, 3.05) is 12.4 Å². The summed E-state index contributed by atoms with van der Waals surface area (Å²) in [7, 11) is 1.60. The van der Waals surface area contributed by atoms with E-state index in [9.17, 15) is 4.79 Å². The average Bonchev–Trinajstić information content (AvgIpc) is 3.13. The van der Waals surface area contributed by atoms with Crippen molar-refractivity contribution >= 4 is 22.9 Å². The first-order valence-electron chi connectivity index (χ1n) is 8.69. The Morgan fingerprint density at radius 3 is 2.70 bits per heavy atom. The van der Waals surface area contributed by atoms with E-state index in [1.54, 1.807) is 13.2 Å². The Hall–Kier alpha value is -2.79. The van der Waals surface area contributed by atoms with Gasteiger partial charge in [-0.05, 0) is 67.1 Å². The lowest BCUT2D eigenvalue weighted by atomic mass is 10.1. The first kappa shape index (κ1) is 19.0. The van der Waals surface area contributed by atoms with Gasteiger partial charge in [0.05, 0.1) is 12.0 Å². The van der Waals surface area contributed by atoms with Gasteiger partial charge in [0.25, 0.3) is 5.91 Å². The average molecular weight is 381 g/mol. The highest BCUT2D eigenvalue weighted by molar-refractivity contribution is 7.12. The van der Waals surface area contributed by atoms with Gasteiger partial charge in [-0.2, -0.15) is 0 Å². The van der Waals surface area contributed by atoms with Crippen LogP contribution in [-0.4, -0.2) is 13.0 Å². The van der Waals surface area contributed by atoms with Crippen LogP contribution in [0.4, 0.5) is 5.69 Å². The molecule has 1 N–H and O–H groups in total. The lowest BCUT2D eigenvalue weighted by Crippen LogP contribution is -2.10. The summed E-state index contributed by atoms with van der Waals surface area (Å²) in [6.45, 7) is 6.64. The molecule has 140 valence electrons. The van der Waals surface area contributed by atoms with Crippen LogP contribution in [0.5, 0.6) is 11.5 Å². The monoisotopic (exact) mass is 381 g/mol. The fraction of sp³-hybridized carbons (Fsp3) is 0.227. The smallest absolute Gasteiger partial charge is 0.265 e. The van der Waals surface area contributed by atoms with Gasteiger partial charge in [0.15, 0.2) is 0 Å². The van der Waals surface area contributed by atoms with Gasteiger partial charge in [-0.1, -0.05) is 12.1 Å². The van der Waals surface area contributed by atoms with Crippen LogP contribution in [0.2, 0.25) is 0 Å². The normalized spacial score (nSPS) is 10.5. The van der Waals surface area contributed by atoms with Gasteiger partial charge in [-0.15, -0.1) is 11.3 Å². The Morgan fingerprint density at radius 1 is 1.11 bits per heavy atom. The molecular weight excluding hydrogens is 358 g/mol. The third-order valence-electron chi connectivity index (χ3n) is 4.36. The maximum Gasteiger partial charge on any atom is 0.265 e. The van der Waals surface area contributed by atoms with E-state index < -0.39 is 0 Å². The van der Waals surface area contributed by atoms with E-state index in [0.717, 1.165) is 16.9 Å². The quantitative estimate of drug-likeness (QED) is 0.612. The Bertz CT molecular complexity index is 962. The van der Waals surface area contributed by atoms with E-state index in [-0.39, 0.29) is 5.91 Å². The summed E-state index contributed by atoms with van der Waals surface area (Å²) < 4.78 is 11.2. The molecule has 5 heteroatoms. The molecule has 2 aromatic carbocycles. The highest BCUT2D eigenvalue weighted by Gasteiger charge is 2.11. The van der Waals surface area contributed by atoms with Gasteiger partial charge in [-0.25, -0.2) is 0 Å². The summed E-state index contributed by atoms with van der Waals surface area (Å²) in [6.07, 6.45) is 0. The molecule has 3 aromatic rings. The summed E-state index contributed by atoms with van der Waals surface area (Å²) in [5.41, 5.74) is 5.23. The molecule has 0 aliphatic heterocycles. The molecule has 0 bridgehead atoms. The van der Waals surface area contributed by atoms with Crippen molar-refractivity contribution in [1.29, 1.82) is 0 Å². The zero-order valence-corrected chi connectivity index (χ0v) is 16.8. The third-order valence-corrected chi connectivity index (χ3v) is 5.34. The fourth-order valence-electron chi connectivity index (χ4n) is 2.78. The maximum atomic E-state index is 12.5. The van der Waals surface area contributed by atoms with Crippen LogP contribution in [0.3, 0.4) is 0 Å². The molecule has 0 aliphatic rings. The Morgan fingerprint density at radius 2 is 1.93 bits per heavy atom. The first-order chi connectivity index (χ1) is 13.0. The third kappa shape index (κ3) is 4.68. The Balaban J connectivity index is 1.65. The summed E-state index contributed by atoms with van der Waals surface area (Å²) in [4.78, 5) is 13.1. The van der Waals surface area contributed by atoms with Gasteiger partial charge in [-0.3, -0.25) is 4.79 Å². The van der Waals surface area contributed by atoms with Crippen molar-refractivity contribution in [2.45, 2.75) is 27.4 Å². The largest absolute Gasteiger partial charge is 0.497 e. The lowest BCUT2D eigenvalue weighted by Gasteiger charge is -2.11. The van der Waals surface area contributed by atoms with Crippen molar-refractivity contribution in [3.8, 4) is 11.5 Å². The fourth-order valence-corrected chi connectivity index (χ4v) is 3.57. The minimum Gasteiger partial charge on any atom is -0.497 e. The Labute approximate surface area is 163 Å². The molecule has 0 spiro atoms. The number of aryl methyl sites for hydroxylation is 2. The lowest BCUT2D eigenvalue weighted by molar-refractivity contribution is 0.103. The minimum atomic E-state index is -0.137. The van der Waals surface area contributed by atoms with Gasteiger partial charge in [0.1, 0.15) is 18.1 Å². The summed E-state index contributed by atoms with van der Waals surface area (Å²) in [5.74, 6) is 1.46. The van der Waals surface area contributed by atoms with E-state index in [1.165, 1.54) is 22.5 Å². The van der Waals surface area contributed by atoms with Crippen LogP contribution in [0.1, 0.15) is 31.9 Å². The maximum absolute atomic E-state index is 12.5. The number of anilines is 1. The molecule has 0 atom stereocenters. The van der Waals surface area contributed by atoms with Crippen molar-refractivity contribution in [3.63, 3.8) is 0 Å². The zero-order chi connectivity index (χ0) is 19.4. The Kier molecular flexibility index (Phi) is 5.81. The number of nitrogens with one attached hydrogen (secondary N) is 1. The predicted molar refractivity (Wildman–Crippen MR) is 110 cm³/mol. The number of amides is 1. The number of hydrogen-bond donors (Lipinski definition) is 1. The topological polar surface area (TPSA) is 47.6 Å². The van der Waals surface area contributed by atoms with Crippen LogP contribution in [0, 0.1) is 20.8 Å². The number of hydrogen-bond acceptors (Lipinski definition) is 4. The van der Waals surface area contributed by atoms with Crippen molar-refractivity contribution in [3.05, 3.63) is 75.0 Å². The van der Waals surface area contributed by atoms with E-state index in [0.29, 0.717) is 22.9 Å². The second-order valence-corrected chi connectivity index (χ2v) is 7.41. The molecule has 0 unspecified atom stereocenters. The summed E-state index contributed by atoms with van der Waals surface area (Å²) in [6, 6.07) is 13.4. The molecule has 27 heavy (non-hydrogen) atoms. The standard InChI is InChI=1S/C22H23NO3S/c1-14-8-15(2)16(3)20(9-14)26-12-17-10-21(27-13-17)22(24)23-18-6-5-7-19(11-18)25-4/h5-11,13H,12H2,1-4H3,(H,23,24). The molecule has 1 amide bonds. The molecular formula is C22H23NO3S. The van der Waals surface area contributed by atoms with Gasteiger partial charge >= 0.3 is 0 Å². The van der Waals surface area contributed by atoms with Gasteiger partial charge in [0, 0.05) is 17.3 Å². The number of thiophene rings is 1. The molecule has 0 radical (unpaired) electrons. The van der Waals surface area contributed by atoms with Crippen LogP contribution in [0.15, 0.2) is 47.8 Å².